The second kappa shape index (κ2) is 17.7. The molecule has 344 valence electrons. The maximum atomic E-state index is 7.19. The Morgan fingerprint density at radius 1 is 0.451 bits per heavy atom. The van der Waals surface area contributed by atoms with Crippen LogP contribution in [0.3, 0.4) is 0 Å². The summed E-state index contributed by atoms with van der Waals surface area (Å²) in [6.45, 7) is 11.3. The van der Waals surface area contributed by atoms with Crippen LogP contribution < -0.4 is 9.80 Å². The zero-order valence-corrected chi connectivity index (χ0v) is 41.5. The lowest BCUT2D eigenvalue weighted by atomic mass is 9.66. The third-order valence-corrected chi connectivity index (χ3v) is 15.3. The van der Waals surface area contributed by atoms with Gasteiger partial charge in [0.05, 0.1) is 11.1 Å². The normalized spacial score (nSPS) is 14.1. The Bertz CT molecular complexity index is 3630. The second-order valence-electron chi connectivity index (χ2n) is 19.8. The van der Waals surface area contributed by atoms with Crippen molar-refractivity contribution >= 4 is 67.8 Å². The number of rotatable bonds is 10. The fourth-order valence-electron chi connectivity index (χ4n) is 11.0. The van der Waals surface area contributed by atoms with E-state index in [2.05, 4.69) is 281 Å². The summed E-state index contributed by atoms with van der Waals surface area (Å²) in [7, 11) is 0. The average Bonchev–Trinajstić information content (AvgIpc) is 3.93. The number of fused-ring (bicyclic) bond motifs is 7. The van der Waals surface area contributed by atoms with Crippen LogP contribution in [0.5, 0.6) is 0 Å². The van der Waals surface area contributed by atoms with Crippen molar-refractivity contribution < 1.29 is 4.42 Å². The minimum absolute atomic E-state index is 0.0907. The van der Waals surface area contributed by atoms with E-state index in [1.54, 1.807) is 0 Å². The fraction of sp³-hybridized carbons (Fsp3) is 0.104. The summed E-state index contributed by atoms with van der Waals surface area (Å²) in [5.74, 6) is 0. The fourth-order valence-corrected chi connectivity index (χ4v) is 11.8. The molecule has 3 nitrogen and oxygen atoms in total. The first-order valence-corrected chi connectivity index (χ1v) is 25.4. The molecule has 0 spiro atoms. The largest absolute Gasteiger partial charge is 0.454 e. The molecule has 1 aliphatic rings. The molecule has 71 heavy (non-hydrogen) atoms. The van der Waals surface area contributed by atoms with E-state index < -0.39 is 5.41 Å². The lowest BCUT2D eigenvalue weighted by Gasteiger charge is -2.37. The highest BCUT2D eigenvalue weighted by Gasteiger charge is 2.49. The molecule has 0 radical (unpaired) electrons. The summed E-state index contributed by atoms with van der Waals surface area (Å²) in [6, 6.07) is 86.7. The van der Waals surface area contributed by atoms with Crippen LogP contribution in [0.1, 0.15) is 59.7 Å². The molecule has 1 aliphatic carbocycles. The van der Waals surface area contributed by atoms with Crippen LogP contribution in [0, 0.1) is 13.8 Å². The summed E-state index contributed by atoms with van der Waals surface area (Å²) < 4.78 is 7.19. The van der Waals surface area contributed by atoms with E-state index in [0.29, 0.717) is 0 Å². The molecular formula is C67H54N2OS. The molecule has 0 fully saturated rings. The van der Waals surface area contributed by atoms with Crippen LogP contribution >= 0.6 is 11.8 Å². The summed E-state index contributed by atoms with van der Waals surface area (Å²) in [6.07, 6.45) is 0. The smallest absolute Gasteiger partial charge is 0.160 e. The van der Waals surface area contributed by atoms with Gasteiger partial charge in [0, 0.05) is 49.0 Å². The maximum absolute atomic E-state index is 7.19. The highest BCUT2D eigenvalue weighted by molar-refractivity contribution is 7.99. The third-order valence-electron chi connectivity index (χ3n) is 14.3. The van der Waals surface area contributed by atoms with Crippen LogP contribution in [-0.2, 0) is 10.8 Å². The van der Waals surface area contributed by atoms with Gasteiger partial charge in [-0.1, -0.05) is 178 Å². The van der Waals surface area contributed by atoms with E-state index in [1.807, 2.05) is 11.8 Å². The first-order valence-electron chi connectivity index (χ1n) is 24.6. The Morgan fingerprint density at radius 2 is 0.986 bits per heavy atom. The third kappa shape index (κ3) is 7.62. The Morgan fingerprint density at radius 3 is 1.56 bits per heavy atom. The van der Waals surface area contributed by atoms with Gasteiger partial charge in [-0.2, -0.15) is 0 Å². The molecular weight excluding hydrogens is 881 g/mol. The number of aryl methyl sites for hydroxylation is 2. The molecule has 1 heterocycles. The van der Waals surface area contributed by atoms with Crippen molar-refractivity contribution in [1.82, 2.24) is 0 Å². The maximum Gasteiger partial charge on any atom is 0.160 e. The Labute approximate surface area is 421 Å². The van der Waals surface area contributed by atoms with Crippen molar-refractivity contribution in [2.75, 3.05) is 9.80 Å². The van der Waals surface area contributed by atoms with Crippen LogP contribution in [0.15, 0.2) is 251 Å². The SMILES string of the molecule is Cc1ccc(C)c(C2(c3ccc(Sc4ccc(C(C)(C)C)cc4)cc3)c3cc(N(c4ccccc4)c4ccccc4)ccc3-c3c2cc(N(c2ccccc2)c2ccccc2)c2oc4ccccc4c32)c1. The van der Waals surface area contributed by atoms with E-state index in [1.165, 1.54) is 59.9 Å². The predicted octanol–water partition coefficient (Wildman–Crippen LogP) is 19.0. The summed E-state index contributed by atoms with van der Waals surface area (Å²) in [5.41, 5.74) is 18.4. The number of hydrogen-bond acceptors (Lipinski definition) is 4. The Balaban J connectivity index is 1.20. The Kier molecular flexibility index (Phi) is 11.0. The van der Waals surface area contributed by atoms with Crippen molar-refractivity contribution in [2.24, 2.45) is 0 Å². The van der Waals surface area contributed by atoms with Crippen molar-refractivity contribution in [3.63, 3.8) is 0 Å². The molecule has 0 amide bonds. The Hall–Kier alpha value is -8.05. The van der Waals surface area contributed by atoms with E-state index in [-0.39, 0.29) is 5.41 Å². The van der Waals surface area contributed by atoms with Gasteiger partial charge in [-0.3, -0.25) is 0 Å². The first kappa shape index (κ1) is 44.2. The van der Waals surface area contributed by atoms with Gasteiger partial charge in [0.25, 0.3) is 0 Å². The molecule has 0 N–H and O–H groups in total. The van der Waals surface area contributed by atoms with Gasteiger partial charge in [0.1, 0.15) is 5.58 Å². The van der Waals surface area contributed by atoms with Crippen LogP contribution in [0.2, 0.25) is 0 Å². The standard InChI is InChI=1S/C67H54N2OS/c1-45-30-31-46(2)58(42-45)67(48-34-39-55(40-35-48)71-54-37-32-47(33-38-54)66(3,4)5)59-43-53(68(49-20-10-6-11-21-49)50-22-12-7-13-23-50)36-41-56(59)63-60(67)44-61(65-64(63)57-28-18-19-29-62(57)70-65)69(51-24-14-8-15-25-51)52-26-16-9-17-27-52/h6-44H,1-5H3. The summed E-state index contributed by atoms with van der Waals surface area (Å²) in [5, 5.41) is 2.20. The van der Waals surface area contributed by atoms with Crippen molar-refractivity contribution in [2.45, 2.75) is 55.2 Å². The van der Waals surface area contributed by atoms with Crippen LogP contribution in [-0.4, -0.2) is 0 Å². The van der Waals surface area contributed by atoms with Gasteiger partial charge in [-0.25, -0.2) is 0 Å². The van der Waals surface area contributed by atoms with Gasteiger partial charge < -0.3 is 14.2 Å². The topological polar surface area (TPSA) is 19.6 Å². The van der Waals surface area contributed by atoms with E-state index >= 15 is 0 Å². The number of anilines is 6. The number of furan rings is 1. The average molecular weight is 935 g/mol. The quantitative estimate of drug-likeness (QED) is 0.136. The van der Waals surface area contributed by atoms with Crippen molar-refractivity contribution in [3.05, 3.63) is 276 Å². The molecule has 0 aliphatic heterocycles. The molecule has 1 unspecified atom stereocenters. The lowest BCUT2D eigenvalue weighted by molar-refractivity contribution is 0.590. The molecule has 0 saturated carbocycles. The first-order chi connectivity index (χ1) is 34.7. The van der Waals surface area contributed by atoms with Crippen LogP contribution in [0.4, 0.5) is 34.1 Å². The van der Waals surface area contributed by atoms with Gasteiger partial charge >= 0.3 is 0 Å². The molecule has 1 aromatic heterocycles. The molecule has 12 rings (SSSR count). The lowest BCUT2D eigenvalue weighted by Crippen LogP contribution is -2.30. The number of benzene rings is 10. The summed E-state index contributed by atoms with van der Waals surface area (Å²) in [4.78, 5) is 7.18. The monoisotopic (exact) mass is 934 g/mol. The van der Waals surface area contributed by atoms with E-state index in [0.717, 1.165) is 56.1 Å². The van der Waals surface area contributed by atoms with Crippen molar-refractivity contribution in [1.29, 1.82) is 0 Å². The zero-order chi connectivity index (χ0) is 48.3. The van der Waals surface area contributed by atoms with E-state index in [9.17, 15) is 0 Å². The molecule has 0 saturated heterocycles. The molecule has 10 aromatic carbocycles. The minimum atomic E-state index is -0.784. The van der Waals surface area contributed by atoms with Crippen LogP contribution in [0.25, 0.3) is 33.1 Å². The molecule has 1 atom stereocenters. The number of hydrogen-bond donors (Lipinski definition) is 0. The van der Waals surface area contributed by atoms with E-state index in [4.69, 9.17) is 4.42 Å². The second-order valence-corrected chi connectivity index (χ2v) is 21.0. The highest BCUT2D eigenvalue weighted by Crippen LogP contribution is 2.62. The molecule has 11 aromatic rings. The molecule has 0 bridgehead atoms. The highest BCUT2D eigenvalue weighted by atomic mass is 32.2. The van der Waals surface area contributed by atoms with Gasteiger partial charge in [-0.15, -0.1) is 0 Å². The van der Waals surface area contributed by atoms with Crippen molar-refractivity contribution in [3.8, 4) is 11.1 Å². The summed E-state index contributed by atoms with van der Waals surface area (Å²) >= 11 is 1.81. The molecule has 4 heteroatoms. The number of para-hydroxylation sites is 5. The minimum Gasteiger partial charge on any atom is -0.454 e. The predicted molar refractivity (Wildman–Crippen MR) is 299 cm³/mol. The number of nitrogens with zero attached hydrogens (tertiary/aromatic N) is 2. The van der Waals surface area contributed by atoms with Gasteiger partial charge in [0.15, 0.2) is 5.58 Å². The zero-order valence-electron chi connectivity index (χ0n) is 40.7. The van der Waals surface area contributed by atoms with Gasteiger partial charge in [0.2, 0.25) is 0 Å². The van der Waals surface area contributed by atoms with Gasteiger partial charge in [-0.05, 0) is 161 Å².